The first kappa shape index (κ1) is 15.9. The molecule has 1 saturated heterocycles. The molecule has 0 aromatic heterocycles. The van der Waals surface area contributed by atoms with Crippen LogP contribution in [0.3, 0.4) is 0 Å². The SMILES string of the molecule is CC1(C)CCC(COc2c(Cl)cccc2/C=C/C(=O)O)O1. The summed E-state index contributed by atoms with van der Waals surface area (Å²) in [5, 5.41) is 9.17. The zero-order valence-corrected chi connectivity index (χ0v) is 12.9. The van der Waals surface area contributed by atoms with Gasteiger partial charge < -0.3 is 14.6 Å². The minimum Gasteiger partial charge on any atom is -0.489 e. The number of rotatable bonds is 5. The van der Waals surface area contributed by atoms with Gasteiger partial charge in [-0.05, 0) is 38.8 Å². The first-order valence-electron chi connectivity index (χ1n) is 6.87. The van der Waals surface area contributed by atoms with Gasteiger partial charge in [0, 0.05) is 11.6 Å². The van der Waals surface area contributed by atoms with Crippen molar-refractivity contribution in [2.75, 3.05) is 6.61 Å². The quantitative estimate of drug-likeness (QED) is 0.841. The van der Waals surface area contributed by atoms with Gasteiger partial charge in [0.15, 0.2) is 0 Å². The Labute approximate surface area is 129 Å². The van der Waals surface area contributed by atoms with Crippen LogP contribution in [-0.4, -0.2) is 29.4 Å². The van der Waals surface area contributed by atoms with E-state index in [0.29, 0.717) is 22.9 Å². The molecule has 5 heteroatoms. The van der Waals surface area contributed by atoms with Gasteiger partial charge in [0.25, 0.3) is 0 Å². The second-order valence-electron chi connectivity index (χ2n) is 5.68. The minimum absolute atomic E-state index is 0.0348. The number of para-hydroxylation sites is 1. The van der Waals surface area contributed by atoms with Crippen LogP contribution >= 0.6 is 11.6 Å². The maximum atomic E-state index is 10.6. The molecule has 1 heterocycles. The van der Waals surface area contributed by atoms with Gasteiger partial charge in [0.1, 0.15) is 12.4 Å². The van der Waals surface area contributed by atoms with Gasteiger partial charge in [-0.2, -0.15) is 0 Å². The molecule has 0 radical (unpaired) electrons. The molecule has 1 N–H and O–H groups in total. The van der Waals surface area contributed by atoms with E-state index in [1.807, 2.05) is 0 Å². The lowest BCUT2D eigenvalue weighted by Crippen LogP contribution is -2.24. The Bertz CT molecular complexity index is 551. The molecular formula is C16H19ClO4. The predicted molar refractivity (Wildman–Crippen MR) is 81.8 cm³/mol. The normalized spacial score (nSPS) is 20.8. The van der Waals surface area contributed by atoms with Crippen molar-refractivity contribution in [1.82, 2.24) is 0 Å². The molecule has 0 bridgehead atoms. The molecule has 0 aliphatic carbocycles. The fourth-order valence-corrected chi connectivity index (χ4v) is 2.58. The molecular weight excluding hydrogens is 292 g/mol. The molecule has 0 spiro atoms. The summed E-state index contributed by atoms with van der Waals surface area (Å²) in [5.74, 6) is -0.522. The average Bonchev–Trinajstić information content (AvgIpc) is 2.74. The van der Waals surface area contributed by atoms with E-state index in [9.17, 15) is 4.79 Å². The first-order valence-corrected chi connectivity index (χ1v) is 7.25. The number of hydrogen-bond donors (Lipinski definition) is 1. The molecule has 1 aromatic carbocycles. The Kier molecular flexibility index (Phi) is 4.91. The molecule has 4 nitrogen and oxygen atoms in total. The van der Waals surface area contributed by atoms with Crippen LogP contribution in [0, 0.1) is 0 Å². The predicted octanol–water partition coefficient (Wildman–Crippen LogP) is 3.77. The van der Waals surface area contributed by atoms with Crippen molar-refractivity contribution >= 4 is 23.6 Å². The van der Waals surface area contributed by atoms with Crippen molar-refractivity contribution in [3.63, 3.8) is 0 Å². The molecule has 1 unspecified atom stereocenters. The summed E-state index contributed by atoms with van der Waals surface area (Å²) in [6.07, 6.45) is 4.51. The van der Waals surface area contributed by atoms with Gasteiger partial charge >= 0.3 is 5.97 Å². The number of ether oxygens (including phenoxy) is 2. The molecule has 2 rings (SSSR count). The van der Waals surface area contributed by atoms with Crippen LogP contribution in [-0.2, 0) is 9.53 Å². The van der Waals surface area contributed by atoms with E-state index < -0.39 is 5.97 Å². The van der Waals surface area contributed by atoms with Crippen LogP contribution in [0.15, 0.2) is 24.3 Å². The van der Waals surface area contributed by atoms with Gasteiger partial charge in [-0.1, -0.05) is 23.7 Å². The summed E-state index contributed by atoms with van der Waals surface area (Å²) < 4.78 is 11.6. The van der Waals surface area contributed by atoms with Crippen LogP contribution in [0.1, 0.15) is 32.3 Å². The minimum atomic E-state index is -1.01. The van der Waals surface area contributed by atoms with E-state index in [-0.39, 0.29) is 11.7 Å². The van der Waals surface area contributed by atoms with E-state index in [0.717, 1.165) is 18.9 Å². The topological polar surface area (TPSA) is 55.8 Å². The van der Waals surface area contributed by atoms with Crippen LogP contribution in [0.4, 0.5) is 0 Å². The van der Waals surface area contributed by atoms with Gasteiger partial charge in [-0.3, -0.25) is 0 Å². The van der Waals surface area contributed by atoms with Crippen LogP contribution in [0.2, 0.25) is 5.02 Å². The van der Waals surface area contributed by atoms with Crippen molar-refractivity contribution in [2.45, 2.75) is 38.4 Å². The summed E-state index contributed by atoms with van der Waals surface area (Å²) in [6.45, 7) is 4.52. The van der Waals surface area contributed by atoms with Gasteiger partial charge in [-0.25, -0.2) is 4.79 Å². The molecule has 1 atom stereocenters. The largest absolute Gasteiger partial charge is 0.489 e. The van der Waals surface area contributed by atoms with E-state index in [1.54, 1.807) is 18.2 Å². The number of aliphatic carboxylic acids is 1. The van der Waals surface area contributed by atoms with Crippen LogP contribution < -0.4 is 4.74 Å². The molecule has 114 valence electrons. The molecule has 0 saturated carbocycles. The van der Waals surface area contributed by atoms with E-state index >= 15 is 0 Å². The number of halogens is 1. The molecule has 1 fully saturated rings. The Hall–Kier alpha value is -1.52. The van der Waals surface area contributed by atoms with Crippen molar-refractivity contribution in [3.05, 3.63) is 34.9 Å². The third-order valence-electron chi connectivity index (χ3n) is 3.37. The van der Waals surface area contributed by atoms with Gasteiger partial charge in [-0.15, -0.1) is 0 Å². The fraction of sp³-hybridized carbons (Fsp3) is 0.438. The maximum absolute atomic E-state index is 10.6. The zero-order valence-electron chi connectivity index (χ0n) is 12.1. The van der Waals surface area contributed by atoms with Crippen molar-refractivity contribution in [2.24, 2.45) is 0 Å². The number of carboxylic acid groups (broad SMARTS) is 1. The third-order valence-corrected chi connectivity index (χ3v) is 3.67. The van der Waals surface area contributed by atoms with Crippen LogP contribution in [0.25, 0.3) is 6.08 Å². The van der Waals surface area contributed by atoms with Gasteiger partial charge in [0.2, 0.25) is 0 Å². The van der Waals surface area contributed by atoms with E-state index in [2.05, 4.69) is 13.8 Å². The van der Waals surface area contributed by atoms with Crippen molar-refractivity contribution in [1.29, 1.82) is 0 Å². The summed E-state index contributed by atoms with van der Waals surface area (Å²) in [5.41, 5.74) is 0.530. The average molecular weight is 311 g/mol. The molecule has 21 heavy (non-hydrogen) atoms. The lowest BCUT2D eigenvalue weighted by molar-refractivity contribution is -0.131. The Morgan fingerprint density at radius 1 is 1.57 bits per heavy atom. The summed E-state index contributed by atoms with van der Waals surface area (Å²) >= 11 is 6.14. The number of hydrogen-bond acceptors (Lipinski definition) is 3. The second kappa shape index (κ2) is 6.50. The molecule has 1 aliphatic rings. The number of carboxylic acids is 1. The van der Waals surface area contributed by atoms with Crippen LogP contribution in [0.5, 0.6) is 5.75 Å². The Morgan fingerprint density at radius 3 is 2.95 bits per heavy atom. The second-order valence-corrected chi connectivity index (χ2v) is 6.09. The highest BCUT2D eigenvalue weighted by Crippen LogP contribution is 2.33. The molecule has 1 aromatic rings. The number of carbonyl (C=O) groups is 1. The third kappa shape index (κ3) is 4.48. The lowest BCUT2D eigenvalue weighted by Gasteiger charge is -2.20. The Balaban J connectivity index is 2.07. The monoisotopic (exact) mass is 310 g/mol. The highest BCUT2D eigenvalue weighted by molar-refractivity contribution is 6.32. The zero-order chi connectivity index (χ0) is 15.5. The summed E-state index contributed by atoms with van der Waals surface area (Å²) in [7, 11) is 0. The highest BCUT2D eigenvalue weighted by Gasteiger charge is 2.32. The summed E-state index contributed by atoms with van der Waals surface area (Å²) in [4.78, 5) is 10.6. The van der Waals surface area contributed by atoms with Crippen molar-refractivity contribution in [3.8, 4) is 5.75 Å². The highest BCUT2D eigenvalue weighted by atomic mass is 35.5. The number of benzene rings is 1. The summed E-state index contributed by atoms with van der Waals surface area (Å²) in [6, 6.07) is 5.24. The van der Waals surface area contributed by atoms with E-state index in [4.69, 9.17) is 26.2 Å². The van der Waals surface area contributed by atoms with Gasteiger partial charge in [0.05, 0.1) is 16.7 Å². The Morgan fingerprint density at radius 2 is 2.33 bits per heavy atom. The molecule has 1 aliphatic heterocycles. The molecule has 0 amide bonds. The maximum Gasteiger partial charge on any atom is 0.328 e. The smallest absolute Gasteiger partial charge is 0.328 e. The standard InChI is InChI=1S/C16H19ClO4/c1-16(2)9-8-12(21-16)10-20-15-11(6-7-14(18)19)4-3-5-13(15)17/h3-7,12H,8-10H2,1-2H3,(H,18,19)/b7-6+. The lowest BCUT2D eigenvalue weighted by atomic mass is 10.1. The fourth-order valence-electron chi connectivity index (χ4n) is 2.34. The van der Waals surface area contributed by atoms with E-state index in [1.165, 1.54) is 6.08 Å². The van der Waals surface area contributed by atoms with Crippen molar-refractivity contribution < 1.29 is 19.4 Å². The first-order chi connectivity index (χ1) is 9.87.